The van der Waals surface area contributed by atoms with Crippen molar-refractivity contribution >= 4 is 30.3 Å². The number of hydrogen-bond donors (Lipinski definition) is 2. The van der Waals surface area contributed by atoms with Crippen molar-refractivity contribution in [1.82, 2.24) is 5.32 Å². The molecule has 0 spiro atoms. The summed E-state index contributed by atoms with van der Waals surface area (Å²) in [7, 11) is 1.53. The van der Waals surface area contributed by atoms with E-state index in [-0.39, 0.29) is 30.0 Å². The Morgan fingerprint density at radius 2 is 1.76 bits per heavy atom. The molecule has 1 heterocycles. The molecule has 9 nitrogen and oxygen atoms in total. The van der Waals surface area contributed by atoms with Crippen molar-refractivity contribution in [2.45, 2.75) is 51.4 Å². The van der Waals surface area contributed by atoms with E-state index in [1.54, 1.807) is 26.8 Å². The van der Waals surface area contributed by atoms with Crippen LogP contribution in [0.25, 0.3) is 0 Å². The van der Waals surface area contributed by atoms with Crippen molar-refractivity contribution in [2.24, 2.45) is 0 Å². The molecular weight excluding hydrogens is 448 g/mol. The third-order valence-electron chi connectivity index (χ3n) is 5.46. The van der Waals surface area contributed by atoms with Crippen LogP contribution in [0.2, 0.25) is 0 Å². The molecule has 0 saturated carbocycles. The summed E-state index contributed by atoms with van der Waals surface area (Å²) in [5.41, 5.74) is 0.527. The minimum atomic E-state index is -0.971. The number of thiol groups is 1. The number of allylic oxidation sites excluding steroid dienone is 1. The number of nitro groups is 1. The Balaban J connectivity index is 2.88. The summed E-state index contributed by atoms with van der Waals surface area (Å²) in [6, 6.07) is 5.82. The minimum Gasteiger partial charge on any atom is -0.463 e. The maximum Gasteiger partial charge on any atom is 0.336 e. The molecule has 0 radical (unpaired) electrons. The smallest absolute Gasteiger partial charge is 0.336 e. The van der Waals surface area contributed by atoms with E-state index in [0.29, 0.717) is 17.0 Å². The molecule has 2 unspecified atom stereocenters. The van der Waals surface area contributed by atoms with Crippen LogP contribution in [0.15, 0.2) is 46.8 Å². The number of methoxy groups -OCH3 is 1. The first-order valence-electron chi connectivity index (χ1n) is 10.5. The van der Waals surface area contributed by atoms with Crippen LogP contribution in [0.1, 0.15) is 46.1 Å². The van der Waals surface area contributed by atoms with E-state index >= 15 is 0 Å². The lowest BCUT2D eigenvalue weighted by atomic mass is 9.78. The summed E-state index contributed by atoms with van der Waals surface area (Å²) in [6.45, 7) is 8.86. The number of dihydropyridines is 1. The van der Waals surface area contributed by atoms with Crippen LogP contribution in [0.4, 0.5) is 5.69 Å². The Labute approximate surface area is 198 Å². The predicted molar refractivity (Wildman–Crippen MR) is 126 cm³/mol. The average molecular weight is 479 g/mol. The molecule has 0 aliphatic carbocycles. The molecule has 0 fully saturated rings. The number of nitro benzene ring substituents is 1. The maximum absolute atomic E-state index is 13.3. The first-order chi connectivity index (χ1) is 15.5. The van der Waals surface area contributed by atoms with E-state index in [9.17, 15) is 19.7 Å². The third-order valence-corrected chi connectivity index (χ3v) is 6.34. The maximum atomic E-state index is 13.3. The minimum absolute atomic E-state index is 0.0968. The standard InChI is InChI=1S/C23H30N2O7S/c1-7-31-21(26)16-13(3)24-19(20(33)23(4,5)30-6)18(22(27)32-8-2)17(16)14-10-9-11-15(12-14)25(28)29/h9-12,17,20,24,33H,7-8H2,1-6H3. The van der Waals surface area contributed by atoms with Crippen LogP contribution in [-0.4, -0.2) is 48.0 Å². The van der Waals surface area contributed by atoms with Crippen LogP contribution < -0.4 is 5.32 Å². The first-order valence-corrected chi connectivity index (χ1v) is 11.0. The second kappa shape index (κ2) is 10.8. The summed E-state index contributed by atoms with van der Waals surface area (Å²) >= 11 is 4.72. The Bertz CT molecular complexity index is 1000. The van der Waals surface area contributed by atoms with Crippen molar-refractivity contribution < 1.29 is 28.7 Å². The van der Waals surface area contributed by atoms with Gasteiger partial charge in [-0.15, -0.1) is 0 Å². The van der Waals surface area contributed by atoms with Gasteiger partial charge in [-0.05, 0) is 40.2 Å². The molecule has 0 bridgehead atoms. The fraction of sp³-hybridized carbons (Fsp3) is 0.478. The zero-order chi connectivity index (χ0) is 24.9. The number of carbonyl (C=O) groups is 2. The van der Waals surface area contributed by atoms with E-state index in [2.05, 4.69) is 5.32 Å². The topological polar surface area (TPSA) is 117 Å². The average Bonchev–Trinajstić information content (AvgIpc) is 2.77. The highest BCUT2D eigenvalue weighted by Gasteiger charge is 2.43. The van der Waals surface area contributed by atoms with Gasteiger partial charge < -0.3 is 19.5 Å². The lowest BCUT2D eigenvalue weighted by Gasteiger charge is -2.38. The zero-order valence-corrected chi connectivity index (χ0v) is 20.5. The summed E-state index contributed by atoms with van der Waals surface area (Å²) in [5.74, 6) is -2.28. The number of benzene rings is 1. The van der Waals surface area contributed by atoms with Gasteiger partial charge in [0, 0.05) is 30.6 Å². The van der Waals surface area contributed by atoms with E-state index < -0.39 is 33.6 Å². The highest BCUT2D eigenvalue weighted by atomic mass is 32.1. The molecule has 1 aliphatic heterocycles. The van der Waals surface area contributed by atoms with E-state index in [4.69, 9.17) is 26.8 Å². The summed E-state index contributed by atoms with van der Waals surface area (Å²) < 4.78 is 16.2. The highest BCUT2D eigenvalue weighted by Crippen LogP contribution is 2.43. The van der Waals surface area contributed by atoms with Crippen LogP contribution >= 0.6 is 12.6 Å². The quantitative estimate of drug-likeness (QED) is 0.239. The number of nitrogens with zero attached hydrogens (tertiary/aromatic N) is 1. The van der Waals surface area contributed by atoms with Gasteiger partial charge in [0.2, 0.25) is 0 Å². The van der Waals surface area contributed by atoms with Crippen LogP contribution in [-0.2, 0) is 23.8 Å². The van der Waals surface area contributed by atoms with Gasteiger partial charge in [-0.25, -0.2) is 9.59 Å². The van der Waals surface area contributed by atoms with E-state index in [0.717, 1.165) is 0 Å². The molecular formula is C23H30N2O7S. The number of nitrogens with one attached hydrogen (secondary N) is 1. The van der Waals surface area contributed by atoms with E-state index in [1.807, 2.05) is 13.8 Å². The van der Waals surface area contributed by atoms with Crippen molar-refractivity contribution in [1.29, 1.82) is 0 Å². The van der Waals surface area contributed by atoms with Gasteiger partial charge in [0.05, 0.1) is 46.1 Å². The third kappa shape index (κ3) is 5.56. The van der Waals surface area contributed by atoms with Gasteiger partial charge in [0.15, 0.2) is 0 Å². The Morgan fingerprint density at radius 3 is 2.27 bits per heavy atom. The Morgan fingerprint density at radius 1 is 1.18 bits per heavy atom. The molecule has 1 aliphatic rings. The second-order valence-corrected chi connectivity index (χ2v) is 8.44. The Hall–Kier alpha value is -2.85. The number of ether oxygens (including phenoxy) is 3. The largest absolute Gasteiger partial charge is 0.463 e. The van der Waals surface area contributed by atoms with Crippen LogP contribution in [0.5, 0.6) is 0 Å². The van der Waals surface area contributed by atoms with Gasteiger partial charge in [-0.3, -0.25) is 10.1 Å². The predicted octanol–water partition coefficient (Wildman–Crippen LogP) is 3.66. The molecule has 10 heteroatoms. The van der Waals surface area contributed by atoms with Crippen LogP contribution in [0.3, 0.4) is 0 Å². The zero-order valence-electron chi connectivity index (χ0n) is 19.6. The molecule has 33 heavy (non-hydrogen) atoms. The number of hydrogen-bond acceptors (Lipinski definition) is 9. The number of esters is 2. The molecule has 2 rings (SSSR count). The summed E-state index contributed by atoms with van der Waals surface area (Å²) in [4.78, 5) is 37.2. The lowest BCUT2D eigenvalue weighted by Crippen LogP contribution is -2.44. The van der Waals surface area contributed by atoms with Gasteiger partial charge in [-0.2, -0.15) is 12.6 Å². The van der Waals surface area contributed by atoms with E-state index in [1.165, 1.54) is 25.3 Å². The molecule has 0 saturated heterocycles. The highest BCUT2D eigenvalue weighted by molar-refractivity contribution is 7.81. The first kappa shape index (κ1) is 26.4. The molecule has 2 atom stereocenters. The van der Waals surface area contributed by atoms with Crippen molar-refractivity contribution in [2.75, 3.05) is 20.3 Å². The SMILES string of the molecule is CCOC(=O)C1=C(C)NC(C(S)C(C)(C)OC)=C(C(=O)OCC)C1c1cccc([N+](=O)[O-])c1. The van der Waals surface area contributed by atoms with Crippen molar-refractivity contribution in [3.8, 4) is 0 Å². The van der Waals surface area contributed by atoms with Gasteiger partial charge >= 0.3 is 11.9 Å². The van der Waals surface area contributed by atoms with Crippen molar-refractivity contribution in [3.63, 3.8) is 0 Å². The van der Waals surface area contributed by atoms with Gasteiger partial charge in [-0.1, -0.05) is 12.1 Å². The molecule has 180 valence electrons. The fourth-order valence-corrected chi connectivity index (χ4v) is 3.90. The second-order valence-electron chi connectivity index (χ2n) is 7.93. The molecule has 0 aromatic heterocycles. The molecule has 1 N–H and O–H groups in total. The lowest BCUT2D eigenvalue weighted by molar-refractivity contribution is -0.384. The molecule has 1 aromatic carbocycles. The fourth-order valence-electron chi connectivity index (χ4n) is 3.60. The van der Waals surface area contributed by atoms with Gasteiger partial charge in [0.1, 0.15) is 0 Å². The molecule has 0 amide bonds. The number of non-ortho nitro benzene ring substituents is 1. The number of rotatable bonds is 9. The molecule has 1 aromatic rings. The summed E-state index contributed by atoms with van der Waals surface area (Å²) in [5, 5.41) is 14.0. The Kier molecular flexibility index (Phi) is 8.68. The number of carbonyl (C=O) groups excluding carboxylic acids is 2. The van der Waals surface area contributed by atoms with Crippen LogP contribution in [0, 0.1) is 10.1 Å². The van der Waals surface area contributed by atoms with Gasteiger partial charge in [0.25, 0.3) is 5.69 Å². The monoisotopic (exact) mass is 478 g/mol. The van der Waals surface area contributed by atoms with Crippen molar-refractivity contribution in [3.05, 3.63) is 62.5 Å². The normalized spacial score (nSPS) is 17.4. The summed E-state index contributed by atoms with van der Waals surface area (Å²) in [6.07, 6.45) is 0.